The minimum atomic E-state index is -1.03. The first-order chi connectivity index (χ1) is 11.4. The molecule has 0 aliphatic carbocycles. The molecule has 1 aliphatic rings. The molecule has 1 aliphatic heterocycles. The summed E-state index contributed by atoms with van der Waals surface area (Å²) >= 11 is 0. The maximum absolute atomic E-state index is 12.5. The van der Waals surface area contributed by atoms with Crippen LogP contribution in [-0.4, -0.2) is 39.6 Å². The molecule has 1 aromatic heterocycles. The highest BCUT2D eigenvalue weighted by molar-refractivity contribution is 5.88. The number of rotatable bonds is 3. The quantitative estimate of drug-likeness (QED) is 0.824. The summed E-state index contributed by atoms with van der Waals surface area (Å²) in [5.74, 6) is -1.44. The lowest BCUT2D eigenvalue weighted by Gasteiger charge is -2.21. The van der Waals surface area contributed by atoms with Crippen LogP contribution in [0, 0.1) is 6.92 Å². The standard InChI is InChI=1S/C17H17NO6/c1-9-11-5-4-10(19)7-14(11)24-17(23)12(9)8-15(20)18-6-2-3-13(18)16(21)22/h4-5,7,13,19H,2-3,6,8H2,1H3,(H,21,22)/t13-/m0/s1. The van der Waals surface area contributed by atoms with Gasteiger partial charge in [0.25, 0.3) is 0 Å². The summed E-state index contributed by atoms with van der Waals surface area (Å²) in [7, 11) is 0. The average molecular weight is 331 g/mol. The number of benzene rings is 1. The predicted octanol–water partition coefficient (Wildman–Crippen LogP) is 1.43. The third-order valence-electron chi connectivity index (χ3n) is 4.46. The lowest BCUT2D eigenvalue weighted by Crippen LogP contribution is -2.41. The smallest absolute Gasteiger partial charge is 0.340 e. The zero-order valence-electron chi connectivity index (χ0n) is 13.1. The van der Waals surface area contributed by atoms with Crippen LogP contribution >= 0.6 is 0 Å². The third kappa shape index (κ3) is 2.73. The third-order valence-corrected chi connectivity index (χ3v) is 4.46. The molecule has 1 atom stereocenters. The van der Waals surface area contributed by atoms with Crippen molar-refractivity contribution in [3.63, 3.8) is 0 Å². The second-order valence-electron chi connectivity index (χ2n) is 5.93. The highest BCUT2D eigenvalue weighted by atomic mass is 16.4. The Morgan fingerprint density at radius 3 is 2.83 bits per heavy atom. The molecule has 126 valence electrons. The Balaban J connectivity index is 1.95. The number of phenolic OH excluding ortho intramolecular Hbond substituents is 1. The molecule has 1 fully saturated rings. The van der Waals surface area contributed by atoms with Gasteiger partial charge in [-0.15, -0.1) is 0 Å². The predicted molar refractivity (Wildman–Crippen MR) is 85.0 cm³/mol. The molecule has 1 amide bonds. The van der Waals surface area contributed by atoms with Crippen molar-refractivity contribution in [2.24, 2.45) is 0 Å². The van der Waals surface area contributed by atoms with Crippen LogP contribution in [-0.2, 0) is 16.0 Å². The normalized spacial score (nSPS) is 17.4. The number of amides is 1. The summed E-state index contributed by atoms with van der Waals surface area (Å²) in [4.78, 5) is 37.2. The number of nitrogens with zero attached hydrogens (tertiary/aromatic N) is 1. The molecule has 0 unspecified atom stereocenters. The lowest BCUT2D eigenvalue weighted by atomic mass is 10.0. The van der Waals surface area contributed by atoms with Gasteiger partial charge in [-0.25, -0.2) is 9.59 Å². The van der Waals surface area contributed by atoms with Crippen molar-refractivity contribution < 1.29 is 24.2 Å². The average Bonchev–Trinajstić information content (AvgIpc) is 3.00. The Bertz CT molecular complexity index is 885. The van der Waals surface area contributed by atoms with E-state index < -0.39 is 23.5 Å². The van der Waals surface area contributed by atoms with Crippen LogP contribution in [0.25, 0.3) is 11.0 Å². The molecule has 24 heavy (non-hydrogen) atoms. The van der Waals surface area contributed by atoms with Crippen molar-refractivity contribution in [2.75, 3.05) is 6.54 Å². The summed E-state index contributed by atoms with van der Waals surface area (Å²) < 4.78 is 5.19. The monoisotopic (exact) mass is 331 g/mol. The van der Waals surface area contributed by atoms with Crippen LogP contribution in [0.1, 0.15) is 24.0 Å². The summed E-state index contributed by atoms with van der Waals surface area (Å²) in [5.41, 5.74) is 0.415. The van der Waals surface area contributed by atoms with Gasteiger partial charge < -0.3 is 19.5 Å². The van der Waals surface area contributed by atoms with Crippen molar-refractivity contribution in [1.82, 2.24) is 4.90 Å². The highest BCUT2D eigenvalue weighted by Crippen LogP contribution is 2.24. The number of hydrogen-bond donors (Lipinski definition) is 2. The maximum Gasteiger partial charge on any atom is 0.340 e. The van der Waals surface area contributed by atoms with E-state index in [1.807, 2.05) is 0 Å². The Morgan fingerprint density at radius 2 is 2.12 bits per heavy atom. The van der Waals surface area contributed by atoms with E-state index >= 15 is 0 Å². The van der Waals surface area contributed by atoms with Gasteiger partial charge in [0.15, 0.2) is 0 Å². The first-order valence-corrected chi connectivity index (χ1v) is 7.66. The molecule has 0 bridgehead atoms. The molecule has 0 radical (unpaired) electrons. The molecule has 0 spiro atoms. The Labute approximate surface area is 137 Å². The van der Waals surface area contributed by atoms with Gasteiger partial charge in [0.1, 0.15) is 17.4 Å². The van der Waals surface area contributed by atoms with E-state index in [0.717, 1.165) is 0 Å². The number of likely N-dealkylation sites (tertiary alicyclic amines) is 1. The number of fused-ring (bicyclic) bond motifs is 1. The number of carbonyl (C=O) groups excluding carboxylic acids is 1. The first-order valence-electron chi connectivity index (χ1n) is 7.66. The summed E-state index contributed by atoms with van der Waals surface area (Å²) in [6, 6.07) is 3.60. The Hall–Kier alpha value is -2.83. The second kappa shape index (κ2) is 5.99. The Morgan fingerprint density at radius 1 is 1.38 bits per heavy atom. The van der Waals surface area contributed by atoms with Gasteiger partial charge in [-0.3, -0.25) is 4.79 Å². The van der Waals surface area contributed by atoms with Gasteiger partial charge in [-0.05, 0) is 37.5 Å². The van der Waals surface area contributed by atoms with E-state index in [1.165, 1.54) is 17.0 Å². The van der Waals surface area contributed by atoms with Gasteiger partial charge in [-0.2, -0.15) is 0 Å². The zero-order valence-corrected chi connectivity index (χ0v) is 13.1. The van der Waals surface area contributed by atoms with E-state index in [1.54, 1.807) is 13.0 Å². The molecule has 7 heteroatoms. The maximum atomic E-state index is 12.5. The number of aliphatic carboxylic acids is 1. The minimum Gasteiger partial charge on any atom is -0.508 e. The first kappa shape index (κ1) is 16.0. The van der Waals surface area contributed by atoms with Gasteiger partial charge in [-0.1, -0.05) is 0 Å². The Kier molecular flexibility index (Phi) is 4.01. The van der Waals surface area contributed by atoms with Gasteiger partial charge in [0, 0.05) is 18.0 Å². The van der Waals surface area contributed by atoms with Crippen molar-refractivity contribution in [2.45, 2.75) is 32.2 Å². The molecule has 0 saturated carbocycles. The fourth-order valence-corrected chi connectivity index (χ4v) is 3.16. The van der Waals surface area contributed by atoms with Gasteiger partial charge in [0.2, 0.25) is 5.91 Å². The van der Waals surface area contributed by atoms with E-state index in [0.29, 0.717) is 30.3 Å². The van der Waals surface area contributed by atoms with Crippen LogP contribution < -0.4 is 5.63 Å². The van der Waals surface area contributed by atoms with Gasteiger partial charge in [0.05, 0.1) is 12.0 Å². The molecular formula is C17H17NO6. The van der Waals surface area contributed by atoms with Gasteiger partial charge >= 0.3 is 11.6 Å². The van der Waals surface area contributed by atoms with Crippen LogP contribution in [0.2, 0.25) is 0 Å². The van der Waals surface area contributed by atoms with E-state index in [9.17, 15) is 24.6 Å². The molecule has 7 nitrogen and oxygen atoms in total. The summed E-state index contributed by atoms with van der Waals surface area (Å²) in [6.45, 7) is 2.08. The molecule has 2 aromatic rings. The van der Waals surface area contributed by atoms with Crippen molar-refractivity contribution in [3.05, 3.63) is 39.7 Å². The van der Waals surface area contributed by atoms with Crippen LogP contribution in [0.5, 0.6) is 5.75 Å². The zero-order chi connectivity index (χ0) is 17.4. The van der Waals surface area contributed by atoms with Crippen molar-refractivity contribution >= 4 is 22.8 Å². The number of carbonyl (C=O) groups is 2. The van der Waals surface area contributed by atoms with Crippen molar-refractivity contribution in [3.8, 4) is 5.75 Å². The highest BCUT2D eigenvalue weighted by Gasteiger charge is 2.34. The number of aryl methyl sites for hydroxylation is 1. The van der Waals surface area contributed by atoms with Crippen LogP contribution in [0.3, 0.4) is 0 Å². The molecule has 3 rings (SSSR count). The summed E-state index contributed by atoms with van der Waals surface area (Å²) in [5, 5.41) is 19.3. The number of phenols is 1. The molecule has 1 saturated heterocycles. The number of carboxylic acids is 1. The van der Waals surface area contributed by atoms with E-state index in [4.69, 9.17) is 4.42 Å². The summed E-state index contributed by atoms with van der Waals surface area (Å²) in [6.07, 6.45) is 0.855. The fraction of sp³-hybridized carbons (Fsp3) is 0.353. The topological polar surface area (TPSA) is 108 Å². The van der Waals surface area contributed by atoms with Crippen LogP contribution in [0.15, 0.2) is 27.4 Å². The molecule has 1 aromatic carbocycles. The SMILES string of the molecule is Cc1c(CC(=O)N2CCC[C@H]2C(=O)O)c(=O)oc2cc(O)ccc12. The molecule has 2 N–H and O–H groups in total. The van der Waals surface area contributed by atoms with E-state index in [2.05, 4.69) is 0 Å². The minimum absolute atomic E-state index is 0.0183. The second-order valence-corrected chi connectivity index (χ2v) is 5.93. The lowest BCUT2D eigenvalue weighted by molar-refractivity contribution is -0.148. The number of aromatic hydroxyl groups is 1. The van der Waals surface area contributed by atoms with Crippen molar-refractivity contribution in [1.29, 1.82) is 0 Å². The van der Waals surface area contributed by atoms with Crippen LogP contribution in [0.4, 0.5) is 0 Å². The number of hydrogen-bond acceptors (Lipinski definition) is 5. The fourth-order valence-electron chi connectivity index (χ4n) is 3.16. The number of carboxylic acid groups (broad SMARTS) is 1. The van der Waals surface area contributed by atoms with E-state index in [-0.39, 0.29) is 23.3 Å². The largest absolute Gasteiger partial charge is 0.508 e. The molecule has 2 heterocycles. The molecular weight excluding hydrogens is 314 g/mol.